The van der Waals surface area contributed by atoms with Crippen LogP contribution in [0.4, 0.5) is 0 Å². The molecule has 8 heavy (non-hydrogen) atoms. The van der Waals surface area contributed by atoms with E-state index in [-0.39, 0.29) is 0 Å². The van der Waals surface area contributed by atoms with E-state index in [0.29, 0.717) is 5.41 Å². The van der Waals surface area contributed by atoms with Gasteiger partial charge in [0, 0.05) is 16.1 Å². The van der Waals surface area contributed by atoms with Crippen molar-refractivity contribution in [1.82, 2.24) is 0 Å². The van der Waals surface area contributed by atoms with Gasteiger partial charge in [-0.15, -0.1) is 0 Å². The maximum absolute atomic E-state index is 3.46. The number of halogens is 2. The second kappa shape index (κ2) is 2.53. The SMILES string of the molecule is BrCC1(CBr)C=CC1. The summed E-state index contributed by atoms with van der Waals surface area (Å²) in [5.41, 5.74) is 0.458. The lowest BCUT2D eigenvalue weighted by molar-refractivity contribution is 0.471. The Labute approximate surface area is 66.6 Å². The summed E-state index contributed by atoms with van der Waals surface area (Å²) < 4.78 is 0. The van der Waals surface area contributed by atoms with Gasteiger partial charge in [-0.25, -0.2) is 0 Å². The van der Waals surface area contributed by atoms with Gasteiger partial charge in [-0.3, -0.25) is 0 Å². The second-order valence-electron chi connectivity index (χ2n) is 2.24. The highest BCUT2D eigenvalue weighted by Crippen LogP contribution is 2.36. The topological polar surface area (TPSA) is 0 Å². The van der Waals surface area contributed by atoms with Crippen molar-refractivity contribution in [1.29, 1.82) is 0 Å². The molecule has 2 heteroatoms. The van der Waals surface area contributed by atoms with E-state index in [1.807, 2.05) is 0 Å². The quantitative estimate of drug-likeness (QED) is 0.514. The fourth-order valence-corrected chi connectivity index (χ4v) is 2.45. The first-order valence-corrected chi connectivity index (χ1v) is 4.87. The minimum atomic E-state index is 0.458. The van der Waals surface area contributed by atoms with Crippen molar-refractivity contribution in [2.75, 3.05) is 10.7 Å². The maximum atomic E-state index is 3.46. The minimum Gasteiger partial charge on any atom is -0.0918 e. The number of alkyl halides is 2. The van der Waals surface area contributed by atoms with Crippen LogP contribution in [0.3, 0.4) is 0 Å². The van der Waals surface area contributed by atoms with Gasteiger partial charge in [0.05, 0.1) is 0 Å². The Morgan fingerprint density at radius 3 is 1.88 bits per heavy atom. The summed E-state index contributed by atoms with van der Waals surface area (Å²) in [4.78, 5) is 0. The molecule has 46 valence electrons. The molecule has 0 amide bonds. The van der Waals surface area contributed by atoms with Gasteiger partial charge in [0.1, 0.15) is 0 Å². The third-order valence-corrected chi connectivity index (χ3v) is 3.76. The molecule has 0 N–H and O–H groups in total. The normalized spacial score (nSPS) is 22.8. The first-order valence-electron chi connectivity index (χ1n) is 2.63. The van der Waals surface area contributed by atoms with Gasteiger partial charge in [0.15, 0.2) is 0 Å². The van der Waals surface area contributed by atoms with Crippen LogP contribution >= 0.6 is 31.9 Å². The number of allylic oxidation sites excluding steroid dienone is 2. The largest absolute Gasteiger partial charge is 0.0918 e. The Morgan fingerprint density at radius 1 is 1.38 bits per heavy atom. The standard InChI is InChI=1S/C6H8Br2/c7-4-6(5-8)2-1-3-6/h1-2H,3-5H2. The van der Waals surface area contributed by atoms with E-state index >= 15 is 0 Å². The molecular formula is C6H8Br2. The van der Waals surface area contributed by atoms with Crippen molar-refractivity contribution in [3.63, 3.8) is 0 Å². The molecule has 0 saturated heterocycles. The summed E-state index contributed by atoms with van der Waals surface area (Å²) in [5, 5.41) is 2.17. The highest BCUT2D eigenvalue weighted by Gasteiger charge is 2.28. The van der Waals surface area contributed by atoms with Gasteiger partial charge in [0.2, 0.25) is 0 Å². The number of hydrogen-bond donors (Lipinski definition) is 0. The molecule has 0 bridgehead atoms. The number of hydrogen-bond acceptors (Lipinski definition) is 0. The Balaban J connectivity index is 2.48. The van der Waals surface area contributed by atoms with Crippen molar-refractivity contribution < 1.29 is 0 Å². The Kier molecular flexibility index (Phi) is 2.15. The first-order chi connectivity index (χ1) is 3.83. The molecule has 1 rings (SSSR count). The zero-order valence-electron chi connectivity index (χ0n) is 4.53. The van der Waals surface area contributed by atoms with E-state index in [4.69, 9.17) is 0 Å². The van der Waals surface area contributed by atoms with Gasteiger partial charge in [0.25, 0.3) is 0 Å². The van der Waals surface area contributed by atoms with E-state index in [1.54, 1.807) is 0 Å². The Bertz CT molecular complexity index is 103. The van der Waals surface area contributed by atoms with Crippen LogP contribution < -0.4 is 0 Å². The molecule has 0 fully saturated rings. The van der Waals surface area contributed by atoms with E-state index in [1.165, 1.54) is 6.42 Å². The van der Waals surface area contributed by atoms with Crippen LogP contribution in [0, 0.1) is 5.41 Å². The van der Waals surface area contributed by atoms with Crippen LogP contribution in [-0.4, -0.2) is 10.7 Å². The Hall–Kier alpha value is 0.700. The number of rotatable bonds is 2. The summed E-state index contributed by atoms with van der Waals surface area (Å²) in [7, 11) is 0. The maximum Gasteiger partial charge on any atom is 0.0134 e. The predicted molar refractivity (Wildman–Crippen MR) is 43.8 cm³/mol. The average molecular weight is 240 g/mol. The molecule has 0 aromatic carbocycles. The molecule has 0 heterocycles. The van der Waals surface area contributed by atoms with E-state index in [9.17, 15) is 0 Å². The molecule has 0 spiro atoms. The van der Waals surface area contributed by atoms with Crippen LogP contribution in [0.1, 0.15) is 6.42 Å². The van der Waals surface area contributed by atoms with E-state index in [0.717, 1.165) is 10.7 Å². The van der Waals surface area contributed by atoms with Crippen molar-refractivity contribution in [3.05, 3.63) is 12.2 Å². The molecule has 0 aliphatic heterocycles. The third-order valence-electron chi connectivity index (χ3n) is 1.53. The van der Waals surface area contributed by atoms with Crippen molar-refractivity contribution in [3.8, 4) is 0 Å². The third kappa shape index (κ3) is 1.01. The fraction of sp³-hybridized carbons (Fsp3) is 0.667. The van der Waals surface area contributed by atoms with Crippen molar-refractivity contribution >= 4 is 31.9 Å². The summed E-state index contributed by atoms with van der Waals surface area (Å²) >= 11 is 6.92. The van der Waals surface area contributed by atoms with Gasteiger partial charge in [-0.2, -0.15) is 0 Å². The van der Waals surface area contributed by atoms with Crippen LogP contribution in [0.15, 0.2) is 12.2 Å². The average Bonchev–Trinajstić information content (AvgIpc) is 1.67. The van der Waals surface area contributed by atoms with Gasteiger partial charge >= 0.3 is 0 Å². The molecule has 0 aromatic rings. The molecule has 0 atom stereocenters. The zero-order chi connectivity index (χ0) is 6.04. The van der Waals surface area contributed by atoms with Crippen LogP contribution in [0.5, 0.6) is 0 Å². The molecule has 1 aliphatic rings. The summed E-state index contributed by atoms with van der Waals surface area (Å²) in [6.45, 7) is 0. The molecule has 0 aromatic heterocycles. The molecule has 1 aliphatic carbocycles. The minimum absolute atomic E-state index is 0.458. The Morgan fingerprint density at radius 2 is 1.88 bits per heavy atom. The summed E-state index contributed by atoms with van der Waals surface area (Å²) in [5.74, 6) is 0. The van der Waals surface area contributed by atoms with Gasteiger partial charge < -0.3 is 0 Å². The molecule has 0 radical (unpaired) electrons. The van der Waals surface area contributed by atoms with Crippen LogP contribution in [-0.2, 0) is 0 Å². The van der Waals surface area contributed by atoms with Crippen LogP contribution in [0.2, 0.25) is 0 Å². The van der Waals surface area contributed by atoms with Gasteiger partial charge in [-0.05, 0) is 6.42 Å². The van der Waals surface area contributed by atoms with Crippen LogP contribution in [0.25, 0.3) is 0 Å². The van der Waals surface area contributed by atoms with E-state index < -0.39 is 0 Å². The lowest BCUT2D eigenvalue weighted by Gasteiger charge is -2.31. The first kappa shape index (κ1) is 6.81. The van der Waals surface area contributed by atoms with Crippen molar-refractivity contribution in [2.45, 2.75) is 6.42 Å². The summed E-state index contributed by atoms with van der Waals surface area (Å²) in [6, 6.07) is 0. The molecule has 0 saturated carbocycles. The lowest BCUT2D eigenvalue weighted by atomic mass is 9.80. The summed E-state index contributed by atoms with van der Waals surface area (Å²) in [6.07, 6.45) is 5.70. The predicted octanol–water partition coefficient (Wildman–Crippen LogP) is 2.72. The van der Waals surface area contributed by atoms with Gasteiger partial charge in [-0.1, -0.05) is 44.0 Å². The monoisotopic (exact) mass is 238 g/mol. The second-order valence-corrected chi connectivity index (χ2v) is 3.36. The molecular weight excluding hydrogens is 232 g/mol. The molecule has 0 unspecified atom stereocenters. The van der Waals surface area contributed by atoms with E-state index in [2.05, 4.69) is 44.0 Å². The highest BCUT2D eigenvalue weighted by molar-refractivity contribution is 9.09. The van der Waals surface area contributed by atoms with Crippen molar-refractivity contribution in [2.24, 2.45) is 5.41 Å². The zero-order valence-corrected chi connectivity index (χ0v) is 7.70. The lowest BCUT2D eigenvalue weighted by Crippen LogP contribution is -2.26. The highest BCUT2D eigenvalue weighted by atomic mass is 79.9. The molecule has 0 nitrogen and oxygen atoms in total. The fourth-order valence-electron chi connectivity index (χ4n) is 0.685. The smallest absolute Gasteiger partial charge is 0.0134 e.